The molecule has 0 amide bonds. The van der Waals surface area contributed by atoms with E-state index in [1.807, 2.05) is 38.7 Å². The fraction of sp³-hybridized carbons (Fsp3) is 0.789. The minimum Gasteiger partial charge on any atom is -0.598 e. The van der Waals surface area contributed by atoms with Crippen molar-refractivity contribution >= 4 is 11.4 Å². The Bertz CT molecular complexity index is 569. The second kappa shape index (κ2) is 7.40. The zero-order valence-corrected chi connectivity index (χ0v) is 18.2. The number of nitrogens with zero attached hydrogens (tertiary/aromatic N) is 1. The van der Waals surface area contributed by atoms with E-state index < -0.39 is 33.7 Å². The Hall–Kier alpha value is -0.660. The van der Waals surface area contributed by atoms with Crippen LogP contribution in [-0.2, 0) is 11.4 Å². The van der Waals surface area contributed by atoms with E-state index in [1.54, 1.807) is 40.8 Å². The van der Waals surface area contributed by atoms with E-state index in [4.69, 9.17) is 0 Å². The summed E-state index contributed by atoms with van der Waals surface area (Å²) in [7, 11) is 0. The van der Waals surface area contributed by atoms with Crippen LogP contribution in [0.4, 0.5) is 13.2 Å². The van der Waals surface area contributed by atoms with E-state index in [-0.39, 0.29) is 11.0 Å². The summed E-state index contributed by atoms with van der Waals surface area (Å²) >= 11 is -1.84. The van der Waals surface area contributed by atoms with Crippen LogP contribution in [0.25, 0.3) is 0 Å². The normalized spacial score (nSPS) is 22.6. The molecule has 1 rings (SSSR count). The predicted octanol–water partition coefficient (Wildman–Crippen LogP) is 5.14. The van der Waals surface area contributed by atoms with Gasteiger partial charge in [-0.05, 0) is 38.7 Å². The maximum absolute atomic E-state index is 13.9. The van der Waals surface area contributed by atoms with E-state index in [2.05, 4.69) is 4.72 Å². The first kappa shape index (κ1) is 23.4. The lowest BCUT2D eigenvalue weighted by molar-refractivity contribution is -0.144. The zero-order chi connectivity index (χ0) is 20.7. The summed E-state index contributed by atoms with van der Waals surface area (Å²) < 4.78 is 55.6. The number of rotatable bonds is 4. The first-order valence-corrected chi connectivity index (χ1v) is 9.96. The first-order valence-electron chi connectivity index (χ1n) is 8.81. The van der Waals surface area contributed by atoms with E-state index in [0.717, 1.165) is 5.70 Å². The highest BCUT2D eigenvalue weighted by Crippen LogP contribution is 2.48. The zero-order valence-electron chi connectivity index (χ0n) is 17.3. The van der Waals surface area contributed by atoms with Gasteiger partial charge in [-0.1, -0.05) is 40.7 Å². The summed E-state index contributed by atoms with van der Waals surface area (Å²) in [5.74, 6) is 0. The van der Waals surface area contributed by atoms with Gasteiger partial charge in [0.1, 0.15) is 4.75 Å². The van der Waals surface area contributed by atoms with Gasteiger partial charge in [0.05, 0.1) is 0 Å². The Balaban J connectivity index is 3.37. The van der Waals surface area contributed by atoms with Crippen LogP contribution in [0.1, 0.15) is 62.3 Å². The van der Waals surface area contributed by atoms with Gasteiger partial charge in [-0.15, -0.1) is 4.72 Å². The van der Waals surface area contributed by atoms with Crippen LogP contribution in [-0.4, -0.2) is 33.0 Å². The van der Waals surface area contributed by atoms with Gasteiger partial charge in [0, 0.05) is 35.2 Å². The van der Waals surface area contributed by atoms with Gasteiger partial charge in [-0.2, -0.15) is 13.2 Å². The van der Waals surface area contributed by atoms with Crippen molar-refractivity contribution in [3.8, 4) is 0 Å². The maximum Gasteiger partial charge on any atom is 0.411 e. The van der Waals surface area contributed by atoms with Crippen molar-refractivity contribution in [3.63, 3.8) is 0 Å². The minimum atomic E-state index is -4.54. The Morgan fingerprint density at radius 1 is 1.19 bits per heavy atom. The number of hydrogen-bond donors (Lipinski definition) is 1. The summed E-state index contributed by atoms with van der Waals surface area (Å²) in [4.78, 5) is 1.90. The molecule has 1 aliphatic heterocycles. The van der Waals surface area contributed by atoms with Crippen molar-refractivity contribution in [2.45, 2.75) is 79.3 Å². The maximum atomic E-state index is 13.9. The highest BCUT2D eigenvalue weighted by Gasteiger charge is 2.53. The molecule has 7 heteroatoms. The standard InChI is InChI=1S/C19H33F3N2OS/c1-10-14-18(8,9)13(11-24(14)12-16(2,3)4)15(19(20,21)22)23-26(25)17(5,6)7/h10-11,15,23H,12H2,1-9H3/b14-10+/t15-,26-/m0/s1. The van der Waals surface area contributed by atoms with Gasteiger partial charge < -0.3 is 9.45 Å². The molecule has 152 valence electrons. The molecule has 0 fully saturated rings. The molecule has 1 heterocycles. The van der Waals surface area contributed by atoms with Crippen molar-refractivity contribution in [3.05, 3.63) is 23.5 Å². The van der Waals surface area contributed by atoms with E-state index in [9.17, 15) is 17.7 Å². The third-order valence-electron chi connectivity index (χ3n) is 4.30. The Labute approximate surface area is 159 Å². The summed E-state index contributed by atoms with van der Waals surface area (Å²) in [6, 6.07) is -1.96. The quantitative estimate of drug-likeness (QED) is 0.671. The molecule has 0 saturated heterocycles. The Morgan fingerprint density at radius 3 is 2.04 bits per heavy atom. The van der Waals surface area contributed by atoms with Crippen molar-refractivity contribution in [2.75, 3.05) is 6.54 Å². The topological polar surface area (TPSA) is 38.3 Å². The van der Waals surface area contributed by atoms with Crippen molar-refractivity contribution in [2.24, 2.45) is 10.8 Å². The van der Waals surface area contributed by atoms with E-state index in [1.165, 1.54) is 0 Å². The molecule has 2 atom stereocenters. The SMILES string of the molecule is C/C=C1/N(CC(C)(C)C)C=C([C@H](N[S@@+]([O-])C(C)(C)C)C(F)(F)F)C1(C)C. The molecule has 0 aromatic carbocycles. The van der Waals surface area contributed by atoms with Crippen LogP contribution in [0.15, 0.2) is 23.5 Å². The molecule has 0 aromatic heterocycles. The molecule has 1 aliphatic rings. The van der Waals surface area contributed by atoms with Crippen molar-refractivity contribution in [1.82, 2.24) is 9.62 Å². The van der Waals surface area contributed by atoms with Crippen LogP contribution >= 0.6 is 0 Å². The number of allylic oxidation sites excluding steroid dienone is 2. The van der Waals surface area contributed by atoms with E-state index >= 15 is 0 Å². The monoisotopic (exact) mass is 394 g/mol. The lowest BCUT2D eigenvalue weighted by Crippen LogP contribution is -2.53. The van der Waals surface area contributed by atoms with Crippen molar-refractivity contribution in [1.29, 1.82) is 0 Å². The Morgan fingerprint density at radius 2 is 1.69 bits per heavy atom. The molecule has 0 bridgehead atoms. The van der Waals surface area contributed by atoms with Crippen LogP contribution < -0.4 is 4.72 Å². The number of hydrogen-bond acceptors (Lipinski definition) is 3. The molecule has 0 aromatic rings. The molecular formula is C19H33F3N2OS. The molecule has 0 radical (unpaired) electrons. The lowest BCUT2D eigenvalue weighted by Gasteiger charge is -2.35. The van der Waals surface area contributed by atoms with Gasteiger partial charge in [-0.3, -0.25) is 0 Å². The highest BCUT2D eigenvalue weighted by atomic mass is 32.2. The fourth-order valence-corrected chi connectivity index (χ4v) is 3.93. The third kappa shape index (κ3) is 5.42. The van der Waals surface area contributed by atoms with Crippen LogP contribution in [0.2, 0.25) is 0 Å². The first-order chi connectivity index (χ1) is 11.4. The van der Waals surface area contributed by atoms with Crippen LogP contribution in [0.3, 0.4) is 0 Å². The largest absolute Gasteiger partial charge is 0.598 e. The minimum absolute atomic E-state index is 0.0777. The average molecular weight is 395 g/mol. The smallest absolute Gasteiger partial charge is 0.411 e. The molecular weight excluding hydrogens is 361 g/mol. The molecule has 3 nitrogen and oxygen atoms in total. The lowest BCUT2D eigenvalue weighted by atomic mass is 9.79. The van der Waals surface area contributed by atoms with Crippen LogP contribution in [0.5, 0.6) is 0 Å². The summed E-state index contributed by atoms with van der Waals surface area (Å²) in [6.07, 6.45) is -1.09. The van der Waals surface area contributed by atoms with Crippen molar-refractivity contribution < 1.29 is 17.7 Å². The van der Waals surface area contributed by atoms with Gasteiger partial charge in [0.15, 0.2) is 6.04 Å². The van der Waals surface area contributed by atoms with Gasteiger partial charge in [0.25, 0.3) is 0 Å². The molecule has 0 aliphatic carbocycles. The average Bonchev–Trinajstić information content (AvgIpc) is 2.61. The number of nitrogens with one attached hydrogen (secondary N) is 1. The van der Waals surface area contributed by atoms with Gasteiger partial charge in [0.2, 0.25) is 0 Å². The molecule has 26 heavy (non-hydrogen) atoms. The Kier molecular flexibility index (Phi) is 6.65. The second-order valence-corrected chi connectivity index (χ2v) is 11.5. The summed E-state index contributed by atoms with van der Waals surface area (Å²) in [6.45, 7) is 17.1. The second-order valence-electron chi connectivity index (χ2n) is 9.55. The fourth-order valence-electron chi connectivity index (χ4n) is 3.10. The molecule has 0 spiro atoms. The van der Waals surface area contributed by atoms with Gasteiger partial charge in [-0.25, -0.2) is 0 Å². The predicted molar refractivity (Wildman–Crippen MR) is 103 cm³/mol. The molecule has 0 saturated carbocycles. The number of halogens is 3. The molecule has 1 N–H and O–H groups in total. The van der Waals surface area contributed by atoms with Gasteiger partial charge >= 0.3 is 6.18 Å². The number of alkyl halides is 3. The van der Waals surface area contributed by atoms with Crippen LogP contribution in [0, 0.1) is 10.8 Å². The third-order valence-corrected chi connectivity index (χ3v) is 5.87. The highest BCUT2D eigenvalue weighted by molar-refractivity contribution is 7.90. The summed E-state index contributed by atoms with van der Waals surface area (Å²) in [5, 5.41) is 0. The summed E-state index contributed by atoms with van der Waals surface area (Å²) in [5.41, 5.74) is 0.140. The van der Waals surface area contributed by atoms with E-state index in [0.29, 0.717) is 6.54 Å². The molecule has 0 unspecified atom stereocenters.